The van der Waals surface area contributed by atoms with Gasteiger partial charge in [-0.2, -0.15) is 0 Å². The lowest BCUT2D eigenvalue weighted by Crippen LogP contribution is -2.44. The molecule has 2 heterocycles. The Labute approximate surface area is 176 Å². The van der Waals surface area contributed by atoms with Gasteiger partial charge in [0.25, 0.3) is 0 Å². The van der Waals surface area contributed by atoms with Crippen LogP contribution in [0.15, 0.2) is 66.9 Å². The fourth-order valence-corrected chi connectivity index (χ4v) is 4.01. The van der Waals surface area contributed by atoms with Crippen LogP contribution < -0.4 is 10.6 Å². The van der Waals surface area contributed by atoms with Crippen LogP contribution in [-0.4, -0.2) is 41.0 Å². The van der Waals surface area contributed by atoms with Crippen LogP contribution in [0.1, 0.15) is 19.3 Å². The molecule has 4 rings (SSSR count). The van der Waals surface area contributed by atoms with E-state index in [1.54, 1.807) is 4.90 Å². The highest BCUT2D eigenvalue weighted by Crippen LogP contribution is 2.19. The summed E-state index contributed by atoms with van der Waals surface area (Å²) in [5.41, 5.74) is 2.02. The van der Waals surface area contributed by atoms with E-state index in [0.717, 1.165) is 18.7 Å². The average molecular weight is 405 g/mol. The minimum Gasteiger partial charge on any atom is -0.356 e. The lowest BCUT2D eigenvalue weighted by molar-refractivity contribution is -0.126. The summed E-state index contributed by atoms with van der Waals surface area (Å²) in [6.45, 7) is 2.75. The molecule has 1 aliphatic heterocycles. The number of aryl methyl sites for hydroxylation is 1. The van der Waals surface area contributed by atoms with E-state index >= 15 is 0 Å². The van der Waals surface area contributed by atoms with Crippen molar-refractivity contribution in [2.75, 3.05) is 25.0 Å². The number of urea groups is 1. The van der Waals surface area contributed by atoms with Crippen LogP contribution in [-0.2, 0) is 11.3 Å². The average Bonchev–Trinajstić information content (AvgIpc) is 3.20. The smallest absolute Gasteiger partial charge is 0.321 e. The van der Waals surface area contributed by atoms with E-state index in [1.807, 2.05) is 42.5 Å². The number of hydrogen-bond acceptors (Lipinski definition) is 2. The number of carbonyl (C=O) groups excluding carboxylic acids is 2. The molecule has 3 aromatic rings. The molecule has 6 nitrogen and oxygen atoms in total. The Bertz CT molecular complexity index is 991. The van der Waals surface area contributed by atoms with E-state index in [1.165, 1.54) is 10.9 Å². The number of rotatable bonds is 6. The molecule has 30 heavy (non-hydrogen) atoms. The van der Waals surface area contributed by atoms with Crippen LogP contribution in [0.25, 0.3) is 10.9 Å². The standard InChI is InChI=1S/C24H28N4O2/c29-23(25-14-6-15-27-16-11-19-7-4-5-10-22(19)27)20-12-17-28(18-13-20)24(30)26-21-8-2-1-3-9-21/h1-5,7-11,16,20H,6,12-15,17-18H2,(H,25,29)(H,26,30). The van der Waals surface area contributed by atoms with Gasteiger partial charge in [0.1, 0.15) is 0 Å². The summed E-state index contributed by atoms with van der Waals surface area (Å²) in [4.78, 5) is 26.7. The molecule has 0 saturated carbocycles. The zero-order valence-corrected chi connectivity index (χ0v) is 17.1. The van der Waals surface area contributed by atoms with Gasteiger partial charge in [-0.15, -0.1) is 0 Å². The Morgan fingerprint density at radius 3 is 2.47 bits per heavy atom. The second-order valence-electron chi connectivity index (χ2n) is 7.77. The Morgan fingerprint density at radius 1 is 0.933 bits per heavy atom. The zero-order valence-electron chi connectivity index (χ0n) is 17.1. The first kappa shape index (κ1) is 20.0. The lowest BCUT2D eigenvalue weighted by Gasteiger charge is -2.31. The minimum absolute atomic E-state index is 0.0156. The maximum Gasteiger partial charge on any atom is 0.321 e. The maximum absolute atomic E-state index is 12.5. The number of likely N-dealkylation sites (tertiary alicyclic amines) is 1. The van der Waals surface area contributed by atoms with E-state index in [2.05, 4.69) is 39.6 Å². The van der Waals surface area contributed by atoms with E-state index in [4.69, 9.17) is 0 Å². The highest BCUT2D eigenvalue weighted by atomic mass is 16.2. The lowest BCUT2D eigenvalue weighted by atomic mass is 9.96. The molecule has 6 heteroatoms. The second-order valence-corrected chi connectivity index (χ2v) is 7.77. The number of hydrogen-bond donors (Lipinski definition) is 2. The number of aromatic nitrogens is 1. The van der Waals surface area contributed by atoms with Crippen molar-refractivity contribution in [2.45, 2.75) is 25.8 Å². The van der Waals surface area contributed by atoms with E-state index < -0.39 is 0 Å². The molecule has 156 valence electrons. The largest absolute Gasteiger partial charge is 0.356 e. The number of amides is 3. The summed E-state index contributed by atoms with van der Waals surface area (Å²) < 4.78 is 2.23. The van der Waals surface area contributed by atoms with Gasteiger partial charge in [-0.3, -0.25) is 4.79 Å². The molecule has 0 bridgehead atoms. The zero-order chi connectivity index (χ0) is 20.8. The fraction of sp³-hybridized carbons (Fsp3) is 0.333. The molecule has 0 atom stereocenters. The molecule has 0 aliphatic carbocycles. The van der Waals surface area contributed by atoms with Crippen LogP contribution in [0.2, 0.25) is 0 Å². The second kappa shape index (κ2) is 9.48. The molecule has 1 aromatic heterocycles. The van der Waals surface area contributed by atoms with Gasteiger partial charge in [0, 0.05) is 49.5 Å². The summed E-state index contributed by atoms with van der Waals surface area (Å²) in [7, 11) is 0. The number of benzene rings is 2. The Hall–Kier alpha value is -3.28. The number of carbonyl (C=O) groups is 2. The van der Waals surface area contributed by atoms with Crippen molar-refractivity contribution < 1.29 is 9.59 Å². The molecular formula is C24H28N4O2. The van der Waals surface area contributed by atoms with Gasteiger partial charge in [0.2, 0.25) is 5.91 Å². The number of piperidine rings is 1. The van der Waals surface area contributed by atoms with Crippen LogP contribution in [0.3, 0.4) is 0 Å². The summed E-state index contributed by atoms with van der Waals surface area (Å²) in [5, 5.41) is 7.22. The monoisotopic (exact) mass is 404 g/mol. The minimum atomic E-state index is -0.0981. The quantitative estimate of drug-likeness (QED) is 0.608. The predicted octanol–water partition coefficient (Wildman–Crippen LogP) is 4.09. The molecule has 1 aliphatic rings. The van der Waals surface area contributed by atoms with Crippen LogP contribution in [0.4, 0.5) is 10.5 Å². The molecule has 1 fully saturated rings. The molecule has 2 aromatic carbocycles. The van der Waals surface area contributed by atoms with Gasteiger partial charge in [-0.1, -0.05) is 36.4 Å². The van der Waals surface area contributed by atoms with Gasteiger partial charge in [-0.25, -0.2) is 4.79 Å². The number of para-hydroxylation sites is 2. The van der Waals surface area contributed by atoms with E-state index in [9.17, 15) is 9.59 Å². The normalized spacial score (nSPS) is 14.6. The van der Waals surface area contributed by atoms with Crippen LogP contribution in [0, 0.1) is 5.92 Å². The predicted molar refractivity (Wildman–Crippen MR) is 119 cm³/mol. The first-order chi connectivity index (χ1) is 14.7. The summed E-state index contributed by atoms with van der Waals surface area (Å²) in [6.07, 6.45) is 4.40. The van der Waals surface area contributed by atoms with Crippen molar-refractivity contribution in [3.63, 3.8) is 0 Å². The van der Waals surface area contributed by atoms with Crippen LogP contribution >= 0.6 is 0 Å². The maximum atomic E-state index is 12.5. The third-order valence-electron chi connectivity index (χ3n) is 5.73. The van der Waals surface area contributed by atoms with E-state index in [0.29, 0.717) is 32.5 Å². The van der Waals surface area contributed by atoms with Gasteiger partial charge >= 0.3 is 6.03 Å². The van der Waals surface area contributed by atoms with Gasteiger partial charge in [0.15, 0.2) is 0 Å². The number of anilines is 1. The van der Waals surface area contributed by atoms with E-state index in [-0.39, 0.29) is 17.9 Å². The van der Waals surface area contributed by atoms with Gasteiger partial charge in [0.05, 0.1) is 0 Å². The number of nitrogens with one attached hydrogen (secondary N) is 2. The Kier molecular flexibility index (Phi) is 6.32. The van der Waals surface area contributed by atoms with Crippen molar-refractivity contribution in [3.05, 3.63) is 66.9 Å². The van der Waals surface area contributed by atoms with Crippen molar-refractivity contribution in [3.8, 4) is 0 Å². The fourth-order valence-electron chi connectivity index (χ4n) is 4.01. The van der Waals surface area contributed by atoms with Gasteiger partial charge in [-0.05, 0) is 48.9 Å². The number of fused-ring (bicyclic) bond motifs is 1. The topological polar surface area (TPSA) is 66.4 Å². The molecule has 0 radical (unpaired) electrons. The summed E-state index contributed by atoms with van der Waals surface area (Å²) in [5.74, 6) is 0.0914. The van der Waals surface area contributed by atoms with Crippen molar-refractivity contribution in [1.82, 2.24) is 14.8 Å². The molecule has 3 amide bonds. The highest BCUT2D eigenvalue weighted by molar-refractivity contribution is 5.89. The molecule has 0 unspecified atom stereocenters. The van der Waals surface area contributed by atoms with Crippen molar-refractivity contribution in [1.29, 1.82) is 0 Å². The Morgan fingerprint density at radius 2 is 1.67 bits per heavy atom. The first-order valence-electron chi connectivity index (χ1n) is 10.6. The SMILES string of the molecule is O=C(NCCCn1ccc2ccccc21)C1CCN(C(=O)Nc2ccccc2)CC1. The molecule has 0 spiro atoms. The van der Waals surface area contributed by atoms with Crippen LogP contribution in [0.5, 0.6) is 0 Å². The van der Waals surface area contributed by atoms with Gasteiger partial charge < -0.3 is 20.1 Å². The third-order valence-corrected chi connectivity index (χ3v) is 5.73. The summed E-state index contributed by atoms with van der Waals surface area (Å²) >= 11 is 0. The first-order valence-corrected chi connectivity index (χ1v) is 10.6. The molecule has 1 saturated heterocycles. The van der Waals surface area contributed by atoms with Crippen molar-refractivity contribution in [2.24, 2.45) is 5.92 Å². The summed E-state index contributed by atoms with van der Waals surface area (Å²) in [6, 6.07) is 19.8. The Balaban J connectivity index is 1.17. The number of nitrogens with zero attached hydrogens (tertiary/aromatic N) is 2. The molecule has 2 N–H and O–H groups in total. The van der Waals surface area contributed by atoms with Crippen molar-refractivity contribution >= 4 is 28.5 Å². The highest BCUT2D eigenvalue weighted by Gasteiger charge is 2.27. The molecular weight excluding hydrogens is 376 g/mol. The third kappa shape index (κ3) is 4.82.